The molecule has 0 saturated carbocycles. The van der Waals surface area contributed by atoms with E-state index in [0.29, 0.717) is 32.6 Å². The van der Waals surface area contributed by atoms with Gasteiger partial charge < -0.3 is 15.8 Å². The Morgan fingerprint density at radius 2 is 2.00 bits per heavy atom. The zero-order chi connectivity index (χ0) is 15.4. The highest BCUT2D eigenvalue weighted by atomic mass is 35.5. The van der Waals surface area contributed by atoms with E-state index < -0.39 is 5.54 Å². The van der Waals surface area contributed by atoms with Gasteiger partial charge in [0.25, 0.3) is 0 Å². The highest BCUT2D eigenvalue weighted by Crippen LogP contribution is 2.18. The van der Waals surface area contributed by atoms with Crippen LogP contribution in [0.4, 0.5) is 0 Å². The van der Waals surface area contributed by atoms with E-state index in [2.05, 4.69) is 10.4 Å². The summed E-state index contributed by atoms with van der Waals surface area (Å²) in [6, 6.07) is 9.78. The first-order valence-corrected chi connectivity index (χ1v) is 7.41. The number of nitrogens with one attached hydrogen (secondary N) is 1. The molecule has 1 aliphatic rings. The van der Waals surface area contributed by atoms with E-state index >= 15 is 0 Å². The molecule has 1 fully saturated rings. The number of hydrogen-bond donors (Lipinski definition) is 2. The summed E-state index contributed by atoms with van der Waals surface area (Å²) in [6.07, 6.45) is 4.76. The predicted molar refractivity (Wildman–Crippen MR) is 89.6 cm³/mol. The van der Waals surface area contributed by atoms with Gasteiger partial charge in [0.2, 0.25) is 5.91 Å². The zero-order valence-corrected chi connectivity index (χ0v) is 13.6. The number of rotatable bonds is 4. The van der Waals surface area contributed by atoms with Crippen LogP contribution < -0.4 is 11.1 Å². The van der Waals surface area contributed by atoms with Crippen molar-refractivity contribution < 1.29 is 9.53 Å². The lowest BCUT2D eigenvalue weighted by molar-refractivity contribution is -0.129. The van der Waals surface area contributed by atoms with Crippen molar-refractivity contribution in [2.75, 3.05) is 13.2 Å². The average molecular weight is 337 g/mol. The highest BCUT2D eigenvalue weighted by Gasteiger charge is 2.35. The van der Waals surface area contributed by atoms with Crippen LogP contribution in [0.2, 0.25) is 0 Å². The first-order valence-electron chi connectivity index (χ1n) is 7.41. The monoisotopic (exact) mass is 336 g/mol. The Morgan fingerprint density at radius 3 is 2.61 bits per heavy atom. The largest absolute Gasteiger partial charge is 0.381 e. The first kappa shape index (κ1) is 17.5. The Hall–Kier alpha value is -1.89. The second-order valence-corrected chi connectivity index (χ2v) is 5.57. The van der Waals surface area contributed by atoms with Crippen molar-refractivity contribution in [3.05, 3.63) is 48.3 Å². The SMILES string of the molecule is Cl.NC1(C(=O)NCc2ccc(-n3cccn3)cc2)CCOCC1. The van der Waals surface area contributed by atoms with Gasteiger partial charge in [0, 0.05) is 32.2 Å². The number of nitrogens with zero attached hydrogens (tertiary/aromatic N) is 2. The fraction of sp³-hybridized carbons (Fsp3) is 0.375. The van der Waals surface area contributed by atoms with Crippen molar-refractivity contribution in [2.24, 2.45) is 5.73 Å². The lowest BCUT2D eigenvalue weighted by Crippen LogP contribution is -2.56. The molecule has 2 heterocycles. The molecule has 6 nitrogen and oxygen atoms in total. The van der Waals surface area contributed by atoms with Crippen LogP contribution in [-0.2, 0) is 16.1 Å². The summed E-state index contributed by atoms with van der Waals surface area (Å²) < 4.78 is 7.05. The van der Waals surface area contributed by atoms with E-state index in [-0.39, 0.29) is 18.3 Å². The molecule has 2 aromatic rings. The molecule has 0 spiro atoms. The number of carbonyl (C=O) groups excluding carboxylic acids is 1. The zero-order valence-electron chi connectivity index (χ0n) is 12.8. The third-order valence-corrected chi connectivity index (χ3v) is 4.00. The number of halogens is 1. The molecular weight excluding hydrogens is 316 g/mol. The van der Waals surface area contributed by atoms with Crippen LogP contribution in [0, 0.1) is 0 Å². The Kier molecular flexibility index (Phi) is 5.76. The van der Waals surface area contributed by atoms with E-state index in [1.807, 2.05) is 36.5 Å². The molecule has 7 heteroatoms. The van der Waals surface area contributed by atoms with E-state index in [9.17, 15) is 4.79 Å². The topological polar surface area (TPSA) is 82.2 Å². The van der Waals surface area contributed by atoms with Gasteiger partial charge in [-0.25, -0.2) is 4.68 Å². The van der Waals surface area contributed by atoms with E-state index in [1.165, 1.54) is 0 Å². The lowest BCUT2D eigenvalue weighted by atomic mass is 9.90. The van der Waals surface area contributed by atoms with Gasteiger partial charge in [-0.3, -0.25) is 4.79 Å². The van der Waals surface area contributed by atoms with Crippen LogP contribution in [0.5, 0.6) is 0 Å². The van der Waals surface area contributed by atoms with E-state index in [0.717, 1.165) is 11.3 Å². The van der Waals surface area contributed by atoms with Gasteiger partial charge in [-0.1, -0.05) is 12.1 Å². The fourth-order valence-corrected chi connectivity index (χ4v) is 2.51. The molecule has 1 aliphatic heterocycles. The minimum absolute atomic E-state index is 0. The Morgan fingerprint density at radius 1 is 1.30 bits per heavy atom. The first-order chi connectivity index (χ1) is 10.7. The molecule has 0 unspecified atom stereocenters. The van der Waals surface area contributed by atoms with Crippen LogP contribution in [-0.4, -0.2) is 34.4 Å². The highest BCUT2D eigenvalue weighted by molar-refractivity contribution is 5.86. The van der Waals surface area contributed by atoms with E-state index in [4.69, 9.17) is 10.5 Å². The van der Waals surface area contributed by atoms with Gasteiger partial charge in [-0.15, -0.1) is 12.4 Å². The molecule has 1 amide bonds. The molecule has 0 atom stereocenters. The Balaban J connectivity index is 0.00000192. The van der Waals surface area contributed by atoms with Crippen LogP contribution in [0.1, 0.15) is 18.4 Å². The molecule has 3 N–H and O–H groups in total. The van der Waals surface area contributed by atoms with Gasteiger partial charge in [-0.2, -0.15) is 5.10 Å². The van der Waals surface area contributed by atoms with Crippen molar-refractivity contribution in [2.45, 2.75) is 24.9 Å². The molecule has 1 saturated heterocycles. The van der Waals surface area contributed by atoms with Crippen molar-refractivity contribution in [1.29, 1.82) is 0 Å². The summed E-state index contributed by atoms with van der Waals surface area (Å²) in [5.74, 6) is -0.105. The molecule has 23 heavy (non-hydrogen) atoms. The van der Waals surface area contributed by atoms with Gasteiger partial charge in [0.15, 0.2) is 0 Å². The average Bonchev–Trinajstić information content (AvgIpc) is 3.08. The number of carbonyl (C=O) groups is 1. The quantitative estimate of drug-likeness (QED) is 0.884. The fourth-order valence-electron chi connectivity index (χ4n) is 2.51. The maximum absolute atomic E-state index is 12.2. The summed E-state index contributed by atoms with van der Waals surface area (Å²) in [6.45, 7) is 1.56. The molecule has 3 rings (SSSR count). The molecule has 0 bridgehead atoms. The molecule has 1 aromatic carbocycles. The molecule has 0 aliphatic carbocycles. The number of hydrogen-bond acceptors (Lipinski definition) is 4. The maximum Gasteiger partial charge on any atom is 0.240 e. The molecule has 0 radical (unpaired) electrons. The normalized spacial score (nSPS) is 16.4. The smallest absolute Gasteiger partial charge is 0.240 e. The van der Waals surface area contributed by atoms with Gasteiger partial charge in [0.05, 0.1) is 11.2 Å². The second kappa shape index (κ2) is 7.59. The number of aromatic nitrogens is 2. The summed E-state index contributed by atoms with van der Waals surface area (Å²) >= 11 is 0. The van der Waals surface area contributed by atoms with Gasteiger partial charge >= 0.3 is 0 Å². The molecule has 1 aromatic heterocycles. The van der Waals surface area contributed by atoms with Crippen molar-refractivity contribution in [3.63, 3.8) is 0 Å². The number of ether oxygens (including phenoxy) is 1. The third kappa shape index (κ3) is 4.10. The van der Waals surface area contributed by atoms with Gasteiger partial charge in [0.1, 0.15) is 0 Å². The van der Waals surface area contributed by atoms with E-state index in [1.54, 1.807) is 10.9 Å². The summed E-state index contributed by atoms with van der Waals surface area (Å²) in [7, 11) is 0. The minimum Gasteiger partial charge on any atom is -0.381 e. The Bertz CT molecular complexity index is 622. The summed E-state index contributed by atoms with van der Waals surface area (Å²) in [5.41, 5.74) is 7.37. The van der Waals surface area contributed by atoms with Crippen LogP contribution in [0.3, 0.4) is 0 Å². The standard InChI is InChI=1S/C16H20N4O2.ClH/c17-16(6-10-22-11-7-16)15(21)18-12-13-2-4-14(5-3-13)20-9-1-8-19-20;/h1-5,8-9H,6-7,10-12,17H2,(H,18,21);1H. The minimum atomic E-state index is -0.798. The molecular formula is C16H21ClN4O2. The van der Waals surface area contributed by atoms with Gasteiger partial charge in [-0.05, 0) is 36.6 Å². The van der Waals surface area contributed by atoms with Crippen LogP contribution in [0.15, 0.2) is 42.7 Å². The van der Waals surface area contributed by atoms with Crippen molar-refractivity contribution in [3.8, 4) is 5.69 Å². The number of nitrogens with two attached hydrogens (primary N) is 1. The second-order valence-electron chi connectivity index (χ2n) is 5.57. The third-order valence-electron chi connectivity index (χ3n) is 4.00. The maximum atomic E-state index is 12.2. The predicted octanol–water partition coefficient (Wildman–Crippen LogP) is 1.42. The summed E-state index contributed by atoms with van der Waals surface area (Å²) in [5, 5.41) is 7.10. The van der Waals surface area contributed by atoms with Crippen molar-refractivity contribution >= 4 is 18.3 Å². The lowest BCUT2D eigenvalue weighted by Gasteiger charge is -2.31. The van der Waals surface area contributed by atoms with Crippen molar-refractivity contribution in [1.82, 2.24) is 15.1 Å². The molecule has 124 valence electrons. The number of benzene rings is 1. The Labute approximate surface area is 141 Å². The van der Waals surface area contributed by atoms with Crippen LogP contribution in [0.25, 0.3) is 5.69 Å². The van der Waals surface area contributed by atoms with Crippen LogP contribution >= 0.6 is 12.4 Å². The summed E-state index contributed by atoms with van der Waals surface area (Å²) in [4.78, 5) is 12.2. The number of amides is 1.